The van der Waals surface area contributed by atoms with Gasteiger partial charge in [-0.1, -0.05) is 37.7 Å². The smallest absolute Gasteiger partial charge is 0.202 e. The predicted octanol–water partition coefficient (Wildman–Crippen LogP) is 4.30. The van der Waals surface area contributed by atoms with Crippen molar-refractivity contribution in [2.24, 2.45) is 0 Å². The van der Waals surface area contributed by atoms with E-state index in [1.165, 1.54) is 13.2 Å². The van der Waals surface area contributed by atoms with Gasteiger partial charge in [-0.15, -0.1) is 5.54 Å². The zero-order valence-electron chi connectivity index (χ0n) is 21.7. The molecule has 36 heavy (non-hydrogen) atoms. The largest absolute Gasteiger partial charge is 0.507 e. The number of rotatable bonds is 2. The third kappa shape index (κ3) is 4.43. The van der Waals surface area contributed by atoms with E-state index < -0.39 is 48.4 Å². The van der Waals surface area contributed by atoms with Gasteiger partial charge in [-0.05, 0) is 26.8 Å². The zero-order chi connectivity index (χ0) is 26.8. The molecule has 2 atom stereocenters. The number of aromatic hydroxyl groups is 2. The number of phenolic OH excluding ortho intramolecular Hbond substituents is 2. The maximum atomic E-state index is 13.6. The second kappa shape index (κ2) is 8.48. The van der Waals surface area contributed by atoms with E-state index in [-0.39, 0.29) is 52.0 Å². The molecule has 0 aromatic heterocycles. The van der Waals surface area contributed by atoms with Gasteiger partial charge in [-0.2, -0.15) is 0 Å². The summed E-state index contributed by atoms with van der Waals surface area (Å²) < 4.78 is 11.5. The molecule has 2 aromatic carbocycles. The highest BCUT2D eigenvalue weighted by Crippen LogP contribution is 2.52. The summed E-state index contributed by atoms with van der Waals surface area (Å²) in [4.78, 5) is 27.1. The van der Waals surface area contributed by atoms with E-state index in [0.717, 1.165) is 0 Å². The monoisotopic (exact) mass is 508 g/mol. The third-order valence-corrected chi connectivity index (χ3v) is 7.12. The summed E-state index contributed by atoms with van der Waals surface area (Å²) in [5.74, 6) is 1.10. The molecule has 0 aliphatic heterocycles. The lowest BCUT2D eigenvalue weighted by molar-refractivity contribution is -0.0956. The highest BCUT2D eigenvalue weighted by atomic mass is 28.3. The van der Waals surface area contributed by atoms with Gasteiger partial charge in [-0.3, -0.25) is 9.59 Å². The van der Waals surface area contributed by atoms with Gasteiger partial charge in [0.25, 0.3) is 0 Å². The molecule has 7 nitrogen and oxygen atoms in total. The number of ketones is 2. The van der Waals surface area contributed by atoms with Crippen LogP contribution in [0.25, 0.3) is 0 Å². The molecule has 0 spiro atoms. The Labute approximate surface area is 212 Å². The van der Waals surface area contributed by atoms with Gasteiger partial charge in [0.1, 0.15) is 30.9 Å². The van der Waals surface area contributed by atoms with Gasteiger partial charge < -0.3 is 24.8 Å². The average molecular weight is 509 g/mol. The minimum Gasteiger partial charge on any atom is -0.507 e. The van der Waals surface area contributed by atoms with E-state index in [9.17, 15) is 24.9 Å². The first-order chi connectivity index (χ1) is 16.6. The molecule has 190 valence electrons. The fourth-order valence-corrected chi connectivity index (χ4v) is 5.45. The van der Waals surface area contributed by atoms with E-state index in [1.54, 1.807) is 12.1 Å². The minimum absolute atomic E-state index is 0.0303. The molecule has 3 N–H and O–H groups in total. The van der Waals surface area contributed by atoms with E-state index >= 15 is 0 Å². The summed E-state index contributed by atoms with van der Waals surface area (Å²) in [6.45, 7) is 11.7. The Kier molecular flexibility index (Phi) is 6.11. The van der Waals surface area contributed by atoms with Crippen LogP contribution < -0.4 is 4.74 Å². The van der Waals surface area contributed by atoms with Crippen molar-refractivity contribution < 1.29 is 34.4 Å². The standard InChI is InChI=1S/C28H32O7Si/c1-27(2,3)35-18-14-28(33,11-12-36(5,6)7)13-16-20(18)26(32)22-21(24(16)30)23(29)15-9-8-10-17(34-4)19(15)25(22)31/h8-10,18,30,32-33H,13-14H2,1-7H3/t18-,28+/m1/s1. The summed E-state index contributed by atoms with van der Waals surface area (Å²) in [5, 5.41) is 34.4. The number of methoxy groups -OCH3 is 1. The topological polar surface area (TPSA) is 113 Å². The van der Waals surface area contributed by atoms with Crippen molar-refractivity contribution >= 4 is 19.6 Å². The Balaban J connectivity index is 2.00. The highest BCUT2D eigenvalue weighted by Gasteiger charge is 2.46. The second-order valence-electron chi connectivity index (χ2n) is 11.5. The van der Waals surface area contributed by atoms with Crippen LogP contribution in [0.1, 0.15) is 76.3 Å². The molecule has 0 amide bonds. The summed E-state index contributed by atoms with van der Waals surface area (Å²) in [6.07, 6.45) is -0.973. The van der Waals surface area contributed by atoms with Crippen LogP contribution in [0.3, 0.4) is 0 Å². The molecule has 2 aliphatic rings. The molecule has 2 aliphatic carbocycles. The number of hydrogen-bond acceptors (Lipinski definition) is 7. The van der Waals surface area contributed by atoms with Gasteiger partial charge in [0.05, 0.1) is 35.5 Å². The average Bonchev–Trinajstić information content (AvgIpc) is 2.76. The number of phenols is 2. The van der Waals surface area contributed by atoms with Crippen molar-refractivity contribution in [1.29, 1.82) is 0 Å². The van der Waals surface area contributed by atoms with Crippen LogP contribution in [-0.4, -0.2) is 53.3 Å². The fourth-order valence-electron chi connectivity index (χ4n) is 4.84. The molecule has 0 unspecified atom stereocenters. The predicted molar refractivity (Wildman–Crippen MR) is 138 cm³/mol. The molecule has 0 saturated heterocycles. The maximum absolute atomic E-state index is 13.6. The van der Waals surface area contributed by atoms with Gasteiger partial charge >= 0.3 is 0 Å². The normalized spacial score (nSPS) is 21.2. The van der Waals surface area contributed by atoms with Crippen LogP contribution >= 0.6 is 0 Å². The number of hydrogen-bond donors (Lipinski definition) is 3. The van der Waals surface area contributed by atoms with E-state index in [4.69, 9.17) is 9.47 Å². The summed E-state index contributed by atoms with van der Waals surface area (Å²) in [5.41, 5.74) is 0.857. The number of carbonyl (C=O) groups excluding carboxylic acids is 2. The maximum Gasteiger partial charge on any atom is 0.202 e. The van der Waals surface area contributed by atoms with E-state index in [1.807, 2.05) is 20.8 Å². The Bertz CT molecular complexity index is 1350. The summed E-state index contributed by atoms with van der Waals surface area (Å²) >= 11 is 0. The van der Waals surface area contributed by atoms with Crippen molar-refractivity contribution in [3.05, 3.63) is 51.6 Å². The molecular weight excluding hydrogens is 476 g/mol. The van der Waals surface area contributed by atoms with Crippen molar-refractivity contribution in [3.8, 4) is 28.7 Å². The van der Waals surface area contributed by atoms with Crippen molar-refractivity contribution in [1.82, 2.24) is 0 Å². The number of fused-ring (bicyclic) bond motifs is 3. The van der Waals surface area contributed by atoms with Gasteiger partial charge in [0.2, 0.25) is 5.78 Å². The van der Waals surface area contributed by atoms with Crippen molar-refractivity contribution in [2.75, 3.05) is 7.11 Å². The molecule has 8 heteroatoms. The molecule has 0 heterocycles. The number of ether oxygens (including phenoxy) is 2. The molecule has 0 bridgehead atoms. The van der Waals surface area contributed by atoms with Gasteiger partial charge in [0, 0.05) is 29.5 Å². The molecule has 4 rings (SSSR count). The lowest BCUT2D eigenvalue weighted by atomic mass is 9.73. The highest BCUT2D eigenvalue weighted by molar-refractivity contribution is 6.83. The van der Waals surface area contributed by atoms with Gasteiger partial charge in [0.15, 0.2) is 5.78 Å². The lowest BCUT2D eigenvalue weighted by Gasteiger charge is -2.39. The van der Waals surface area contributed by atoms with E-state index in [2.05, 4.69) is 31.1 Å². The Morgan fingerprint density at radius 2 is 1.67 bits per heavy atom. The number of benzene rings is 2. The first kappa shape index (κ1) is 26.0. The molecule has 0 fully saturated rings. The van der Waals surface area contributed by atoms with Crippen LogP contribution in [0.4, 0.5) is 0 Å². The van der Waals surface area contributed by atoms with Crippen LogP contribution in [0.2, 0.25) is 19.6 Å². The SMILES string of the molecule is COc1cccc2c1C(=O)c1c(O)c3c(c(O)c1C2=O)C[C@@](O)(C#C[Si](C)(C)C)C[C@H]3OC(C)(C)C. The first-order valence-electron chi connectivity index (χ1n) is 11.9. The zero-order valence-corrected chi connectivity index (χ0v) is 22.7. The Morgan fingerprint density at radius 3 is 2.25 bits per heavy atom. The quantitative estimate of drug-likeness (QED) is 0.269. The summed E-state index contributed by atoms with van der Waals surface area (Å²) in [6, 6.07) is 4.63. The fraction of sp³-hybridized carbons (Fsp3) is 0.429. The lowest BCUT2D eigenvalue weighted by Crippen LogP contribution is -2.40. The van der Waals surface area contributed by atoms with Crippen molar-refractivity contribution in [2.45, 2.75) is 70.6 Å². The number of aliphatic hydroxyl groups is 1. The number of carbonyl (C=O) groups is 2. The van der Waals surface area contributed by atoms with Crippen LogP contribution in [-0.2, 0) is 11.2 Å². The van der Waals surface area contributed by atoms with Crippen LogP contribution in [0, 0.1) is 11.5 Å². The Hall–Kier alpha value is -3.12. The Morgan fingerprint density at radius 1 is 1.03 bits per heavy atom. The van der Waals surface area contributed by atoms with E-state index in [0.29, 0.717) is 0 Å². The second-order valence-corrected chi connectivity index (χ2v) is 16.3. The molecule has 0 saturated carbocycles. The molecule has 0 radical (unpaired) electrons. The summed E-state index contributed by atoms with van der Waals surface area (Å²) in [7, 11) is -0.458. The van der Waals surface area contributed by atoms with Gasteiger partial charge in [-0.25, -0.2) is 0 Å². The van der Waals surface area contributed by atoms with Crippen molar-refractivity contribution in [3.63, 3.8) is 0 Å². The van der Waals surface area contributed by atoms with Crippen LogP contribution in [0.15, 0.2) is 18.2 Å². The minimum atomic E-state index is -1.85. The first-order valence-corrected chi connectivity index (χ1v) is 15.4. The third-order valence-electron chi connectivity index (χ3n) is 6.24. The molecular formula is C28H32O7Si. The molecule has 2 aromatic rings. The van der Waals surface area contributed by atoms with Crippen LogP contribution in [0.5, 0.6) is 17.2 Å².